The summed E-state index contributed by atoms with van der Waals surface area (Å²) >= 11 is 0. The maximum Gasteiger partial charge on any atom is 0.198 e. The monoisotopic (exact) mass is 430 g/mol. The molecule has 1 saturated heterocycles. The average molecular weight is 431 g/mol. The van der Waals surface area contributed by atoms with E-state index in [2.05, 4.69) is 0 Å². The maximum atomic E-state index is 11.0. The van der Waals surface area contributed by atoms with Gasteiger partial charge in [0.25, 0.3) is 0 Å². The Morgan fingerprint density at radius 3 is 1.58 bits per heavy atom. The van der Waals surface area contributed by atoms with Gasteiger partial charge in [0.2, 0.25) is 0 Å². The lowest BCUT2D eigenvalue weighted by Gasteiger charge is -2.43. The molecule has 0 aromatic heterocycles. The molecule has 6 nitrogen and oxygen atoms in total. The molecule has 2 N–H and O–H groups in total. The van der Waals surface area contributed by atoms with E-state index in [0.717, 1.165) is 33.4 Å². The molecule has 6 heteroatoms. The molecule has 0 radical (unpaired) electrons. The SMILES string of the molecule is CO[C@@H]1O[C@H](CO)[C@@H](O)[C@H](Oc2c(C)cc(C)cc2C)[C@H]1Oc1c(C)cc(C)cc1C. The van der Waals surface area contributed by atoms with Crippen molar-refractivity contribution < 1.29 is 29.2 Å². The third kappa shape index (κ3) is 4.88. The number of hydrogen-bond donors (Lipinski definition) is 2. The zero-order valence-corrected chi connectivity index (χ0v) is 19.4. The van der Waals surface area contributed by atoms with Crippen LogP contribution in [0.15, 0.2) is 24.3 Å². The van der Waals surface area contributed by atoms with E-state index in [1.807, 2.05) is 65.8 Å². The highest BCUT2D eigenvalue weighted by Crippen LogP contribution is 2.34. The van der Waals surface area contributed by atoms with Crippen LogP contribution in [0.3, 0.4) is 0 Å². The second-order valence-electron chi connectivity index (χ2n) is 8.57. The van der Waals surface area contributed by atoms with Gasteiger partial charge in [0.1, 0.15) is 23.7 Å². The predicted octanol–water partition coefficient (Wildman–Crippen LogP) is 3.46. The Morgan fingerprint density at radius 1 is 0.774 bits per heavy atom. The zero-order chi connectivity index (χ0) is 22.9. The van der Waals surface area contributed by atoms with Crippen molar-refractivity contribution in [1.82, 2.24) is 0 Å². The molecule has 0 spiro atoms. The summed E-state index contributed by atoms with van der Waals surface area (Å²) in [6.45, 7) is 11.6. The number of aliphatic hydroxyl groups is 2. The molecular formula is C25H34O6. The Balaban J connectivity index is 2.02. The minimum Gasteiger partial charge on any atom is -0.483 e. The zero-order valence-electron chi connectivity index (χ0n) is 19.4. The van der Waals surface area contributed by atoms with Crippen LogP contribution in [-0.2, 0) is 9.47 Å². The molecule has 0 unspecified atom stereocenters. The number of rotatable bonds is 6. The van der Waals surface area contributed by atoms with Crippen molar-refractivity contribution in [3.05, 3.63) is 57.6 Å². The van der Waals surface area contributed by atoms with Gasteiger partial charge in [-0.05, 0) is 63.8 Å². The first-order valence-corrected chi connectivity index (χ1v) is 10.6. The summed E-state index contributed by atoms with van der Waals surface area (Å²) in [5.74, 6) is 1.40. The number of aliphatic hydroxyl groups excluding tert-OH is 2. The molecular weight excluding hydrogens is 396 g/mol. The van der Waals surface area contributed by atoms with E-state index in [4.69, 9.17) is 18.9 Å². The van der Waals surface area contributed by atoms with Crippen molar-refractivity contribution >= 4 is 0 Å². The molecule has 3 rings (SSSR count). The molecule has 0 bridgehead atoms. The Hall–Kier alpha value is -2.12. The van der Waals surface area contributed by atoms with Gasteiger partial charge in [-0.15, -0.1) is 0 Å². The number of hydrogen-bond acceptors (Lipinski definition) is 6. The Morgan fingerprint density at radius 2 is 1.19 bits per heavy atom. The summed E-state index contributed by atoms with van der Waals surface area (Å²) in [7, 11) is 1.52. The highest BCUT2D eigenvalue weighted by molar-refractivity contribution is 5.44. The molecule has 0 saturated carbocycles. The number of ether oxygens (including phenoxy) is 4. The van der Waals surface area contributed by atoms with Gasteiger partial charge in [0.05, 0.1) is 6.61 Å². The van der Waals surface area contributed by atoms with E-state index in [1.54, 1.807) is 0 Å². The lowest BCUT2D eigenvalue weighted by molar-refractivity contribution is -0.284. The Bertz CT molecular complexity index is 878. The molecule has 1 heterocycles. The highest BCUT2D eigenvalue weighted by atomic mass is 16.7. The van der Waals surface area contributed by atoms with Crippen molar-refractivity contribution in [2.45, 2.75) is 72.2 Å². The molecule has 0 amide bonds. The van der Waals surface area contributed by atoms with Crippen molar-refractivity contribution in [3.8, 4) is 11.5 Å². The van der Waals surface area contributed by atoms with Crippen LogP contribution < -0.4 is 9.47 Å². The van der Waals surface area contributed by atoms with Gasteiger partial charge in [-0.3, -0.25) is 0 Å². The molecule has 1 aliphatic rings. The van der Waals surface area contributed by atoms with Gasteiger partial charge in [-0.25, -0.2) is 0 Å². The molecule has 2 aromatic rings. The second-order valence-corrected chi connectivity index (χ2v) is 8.57. The highest BCUT2D eigenvalue weighted by Gasteiger charge is 2.49. The molecule has 170 valence electrons. The lowest BCUT2D eigenvalue weighted by atomic mass is 9.97. The van der Waals surface area contributed by atoms with Crippen LogP contribution in [0, 0.1) is 41.5 Å². The summed E-state index contributed by atoms with van der Waals surface area (Å²) in [5, 5.41) is 20.8. The quantitative estimate of drug-likeness (QED) is 0.731. The lowest BCUT2D eigenvalue weighted by Crippen LogP contribution is -2.63. The Kier molecular flexibility index (Phi) is 7.27. The van der Waals surface area contributed by atoms with Gasteiger partial charge in [-0.2, -0.15) is 0 Å². The van der Waals surface area contributed by atoms with E-state index >= 15 is 0 Å². The summed E-state index contributed by atoms with van der Waals surface area (Å²) in [4.78, 5) is 0. The third-order valence-electron chi connectivity index (χ3n) is 5.75. The number of aryl methyl sites for hydroxylation is 6. The largest absolute Gasteiger partial charge is 0.483 e. The van der Waals surface area contributed by atoms with Crippen LogP contribution in [-0.4, -0.2) is 54.6 Å². The first kappa shape index (κ1) is 23.5. The van der Waals surface area contributed by atoms with Crippen LogP contribution in [0.25, 0.3) is 0 Å². The van der Waals surface area contributed by atoms with Crippen LogP contribution in [0.1, 0.15) is 33.4 Å². The van der Waals surface area contributed by atoms with Crippen molar-refractivity contribution in [2.24, 2.45) is 0 Å². The van der Waals surface area contributed by atoms with E-state index in [9.17, 15) is 10.2 Å². The predicted molar refractivity (Wildman–Crippen MR) is 119 cm³/mol. The fraction of sp³-hybridized carbons (Fsp3) is 0.520. The van der Waals surface area contributed by atoms with Gasteiger partial charge in [0.15, 0.2) is 18.5 Å². The molecule has 2 aromatic carbocycles. The summed E-state index contributed by atoms with van der Waals surface area (Å²) in [5.41, 5.74) is 6.17. The molecule has 1 aliphatic heterocycles. The van der Waals surface area contributed by atoms with Crippen molar-refractivity contribution in [1.29, 1.82) is 0 Å². The number of methoxy groups -OCH3 is 1. The van der Waals surface area contributed by atoms with Crippen LogP contribution in [0.5, 0.6) is 11.5 Å². The van der Waals surface area contributed by atoms with Crippen LogP contribution in [0.4, 0.5) is 0 Å². The fourth-order valence-corrected chi connectivity index (χ4v) is 4.47. The Labute approximate surface area is 184 Å². The summed E-state index contributed by atoms with van der Waals surface area (Å²) in [6, 6.07) is 8.17. The maximum absolute atomic E-state index is 11.0. The smallest absolute Gasteiger partial charge is 0.198 e. The van der Waals surface area contributed by atoms with E-state index in [1.165, 1.54) is 7.11 Å². The van der Waals surface area contributed by atoms with E-state index < -0.39 is 30.7 Å². The van der Waals surface area contributed by atoms with Gasteiger partial charge >= 0.3 is 0 Å². The molecule has 5 atom stereocenters. The topological polar surface area (TPSA) is 77.4 Å². The van der Waals surface area contributed by atoms with E-state index in [-0.39, 0.29) is 6.61 Å². The minimum atomic E-state index is -1.10. The molecule has 0 aliphatic carbocycles. The number of benzene rings is 2. The molecule has 1 fully saturated rings. The molecule has 31 heavy (non-hydrogen) atoms. The van der Waals surface area contributed by atoms with Gasteiger partial charge in [0, 0.05) is 7.11 Å². The van der Waals surface area contributed by atoms with Crippen LogP contribution >= 0.6 is 0 Å². The standard InChI is InChI=1S/C25H34O6/c1-13-8-15(3)21(16(4)9-13)30-23-20(27)19(12-26)29-25(28-7)24(23)31-22-17(5)10-14(2)11-18(22)6/h8-11,19-20,23-27H,12H2,1-7H3/t19-,20-,23+,24-,25-/m1/s1. The van der Waals surface area contributed by atoms with Crippen molar-refractivity contribution in [2.75, 3.05) is 13.7 Å². The fourth-order valence-electron chi connectivity index (χ4n) is 4.47. The third-order valence-corrected chi connectivity index (χ3v) is 5.75. The van der Waals surface area contributed by atoms with Crippen molar-refractivity contribution in [3.63, 3.8) is 0 Å². The minimum absolute atomic E-state index is 0.359. The normalized spacial score (nSPS) is 26.0. The van der Waals surface area contributed by atoms with Gasteiger partial charge in [-0.1, -0.05) is 35.4 Å². The van der Waals surface area contributed by atoms with Gasteiger partial charge < -0.3 is 29.2 Å². The first-order chi connectivity index (χ1) is 14.7. The second kappa shape index (κ2) is 9.57. The first-order valence-electron chi connectivity index (χ1n) is 10.6. The van der Waals surface area contributed by atoms with E-state index in [0.29, 0.717) is 11.5 Å². The summed E-state index contributed by atoms with van der Waals surface area (Å²) in [6.07, 6.45) is -4.33. The average Bonchev–Trinajstić information content (AvgIpc) is 2.68. The van der Waals surface area contributed by atoms with Crippen LogP contribution in [0.2, 0.25) is 0 Å². The summed E-state index contributed by atoms with van der Waals surface area (Å²) < 4.78 is 24.2.